The highest BCUT2D eigenvalue weighted by atomic mass is 19.4. The van der Waals surface area contributed by atoms with Crippen molar-refractivity contribution in [2.75, 3.05) is 0 Å². The van der Waals surface area contributed by atoms with Gasteiger partial charge in [0.1, 0.15) is 40.7 Å². The summed E-state index contributed by atoms with van der Waals surface area (Å²) < 4.78 is 134. The summed E-state index contributed by atoms with van der Waals surface area (Å²) in [7, 11) is 0. The number of aromatic nitrogens is 5. The molecule has 0 unspecified atom stereocenters. The Hall–Kier alpha value is -8.92. The largest absolute Gasteiger partial charge is 0.416 e. The van der Waals surface area contributed by atoms with Crippen LogP contribution in [0, 0.1) is 116 Å². The molecule has 6 aromatic carbocycles. The van der Waals surface area contributed by atoms with E-state index in [-0.39, 0.29) is 11.4 Å². The average molecular weight is 1140 g/mol. The number of nitrogens with zero attached hydrogens (tertiary/aromatic N) is 5. The van der Waals surface area contributed by atoms with Crippen LogP contribution in [0.2, 0.25) is 0 Å². The quantitative estimate of drug-likeness (QED) is 0.142. The Morgan fingerprint density at radius 2 is 0.805 bits per heavy atom. The Kier molecular flexibility index (Phi) is 34.9. The van der Waals surface area contributed by atoms with Gasteiger partial charge in [-0.15, -0.1) is 0 Å². The van der Waals surface area contributed by atoms with E-state index < -0.39 is 52.5 Å². The summed E-state index contributed by atoms with van der Waals surface area (Å²) in [5, 5.41) is 0. The van der Waals surface area contributed by atoms with E-state index >= 15 is 0 Å². The van der Waals surface area contributed by atoms with Gasteiger partial charge in [-0.2, -0.15) is 13.2 Å². The molecule has 0 fully saturated rings. The van der Waals surface area contributed by atoms with Crippen LogP contribution < -0.4 is 0 Å². The molecular formula is C66H66F11N5. The number of hydrogen-bond donors (Lipinski definition) is 0. The highest BCUT2D eigenvalue weighted by molar-refractivity contribution is 5.24. The normalized spacial score (nSPS) is 9.52. The maximum atomic E-state index is 12.4. The van der Waals surface area contributed by atoms with Crippen molar-refractivity contribution in [2.24, 2.45) is 0 Å². The lowest BCUT2D eigenvalue weighted by Crippen LogP contribution is -2.04. The summed E-state index contributed by atoms with van der Waals surface area (Å²) in [6.45, 7) is 18.1. The molecule has 0 spiro atoms. The van der Waals surface area contributed by atoms with Gasteiger partial charge in [0.05, 0.1) is 5.56 Å². The van der Waals surface area contributed by atoms with E-state index in [1.807, 2.05) is 101 Å². The number of hydrogen-bond acceptors (Lipinski definition) is 5. The Bertz CT molecular complexity index is 2940. The second-order valence-electron chi connectivity index (χ2n) is 17.4. The number of benzene rings is 6. The monoisotopic (exact) mass is 1140 g/mol. The number of halogens is 11. The van der Waals surface area contributed by atoms with Gasteiger partial charge in [-0.25, -0.2) is 45.1 Å². The van der Waals surface area contributed by atoms with Crippen LogP contribution in [0.25, 0.3) is 0 Å². The molecule has 0 bridgehead atoms. The maximum absolute atomic E-state index is 12.4. The molecule has 0 aliphatic carbocycles. The smallest absolute Gasteiger partial charge is 0.265 e. The molecule has 4 aromatic heterocycles. The molecule has 16 heteroatoms. The van der Waals surface area contributed by atoms with Crippen LogP contribution in [0.15, 0.2) is 219 Å². The molecule has 432 valence electrons. The molecule has 10 rings (SSSR count). The average Bonchev–Trinajstić information content (AvgIpc) is 3.47. The van der Waals surface area contributed by atoms with Crippen LogP contribution in [0.5, 0.6) is 0 Å². The maximum Gasteiger partial charge on any atom is 0.416 e. The zero-order valence-corrected chi connectivity index (χ0v) is 47.2. The van der Waals surface area contributed by atoms with Crippen molar-refractivity contribution in [1.82, 2.24) is 24.9 Å². The molecule has 0 atom stereocenters. The van der Waals surface area contributed by atoms with Gasteiger partial charge in [-0.05, 0) is 164 Å². The molecule has 4 heterocycles. The molecule has 0 radical (unpaired) electrons. The standard InChI is InChI=1S/C8H7F3.C7H5F3.2C7H6F2.C7H7F.C7H8.3C6H7N.C5H6N2/c1-6-3-2-4-7(5-6)8(9,10)11;1-4-6(9)2-5(8)3-7(4)10;1-5-2-3-6(8)4-7(5)9;1-5-2-3-6(8)7(9)4-5;1-6-2-4-7(8)5-3-6;1-7-5-3-2-4-6-7;1-6-2-4-7-5-3-6;1-6-3-2-4-7-5-6;1-6-4-2-3-5-7-6;1-5-6-3-2-4-7-5/h2-5H,1H3;2-3H,1H3;2*2-4H,1H3;2-5H,1H3;2-6H,1H3;3*2-5H,1H3;2-4H,1H3. The molecule has 82 heavy (non-hydrogen) atoms. The molecule has 0 N–H and O–H groups in total. The van der Waals surface area contributed by atoms with E-state index in [1.54, 1.807) is 82.2 Å². The van der Waals surface area contributed by atoms with Crippen molar-refractivity contribution in [2.45, 2.75) is 75.4 Å². The predicted octanol–water partition coefficient (Wildman–Crippen LogP) is 19.1. The Labute approximate surface area is 474 Å². The van der Waals surface area contributed by atoms with Gasteiger partial charge in [0.15, 0.2) is 11.6 Å². The summed E-state index contributed by atoms with van der Waals surface area (Å²) in [5.41, 5.74) is 7.04. The zero-order valence-electron chi connectivity index (χ0n) is 47.2. The van der Waals surface area contributed by atoms with Crippen LogP contribution in [-0.2, 0) is 6.18 Å². The number of rotatable bonds is 0. The number of pyridine rings is 3. The third-order valence-corrected chi connectivity index (χ3v) is 9.92. The van der Waals surface area contributed by atoms with E-state index in [0.717, 1.165) is 53.0 Å². The lowest BCUT2D eigenvalue weighted by atomic mass is 10.1. The Balaban J connectivity index is 0.000000457. The molecule has 0 amide bonds. The van der Waals surface area contributed by atoms with Crippen LogP contribution in [0.1, 0.15) is 61.6 Å². The van der Waals surface area contributed by atoms with Gasteiger partial charge in [-0.1, -0.05) is 102 Å². The third kappa shape index (κ3) is 35.6. The van der Waals surface area contributed by atoms with Gasteiger partial charge in [-0.3, -0.25) is 15.0 Å². The van der Waals surface area contributed by atoms with E-state index in [1.165, 1.54) is 60.0 Å². The highest BCUT2D eigenvalue weighted by Crippen LogP contribution is 2.29. The Morgan fingerprint density at radius 1 is 0.305 bits per heavy atom. The third-order valence-electron chi connectivity index (χ3n) is 9.92. The van der Waals surface area contributed by atoms with Gasteiger partial charge < -0.3 is 0 Å². The SMILES string of the molecule is Cc1c(F)cc(F)cc1F.Cc1ccc(F)c(F)c1.Cc1ccc(F)cc1.Cc1ccc(F)cc1F.Cc1cccc(C(F)(F)F)c1.Cc1ccccc1.Cc1ccccn1.Cc1cccnc1.Cc1ccncc1.Cc1ncccn1. The minimum absolute atomic E-state index is 0.151. The van der Waals surface area contributed by atoms with Crippen molar-refractivity contribution in [3.05, 3.63) is 327 Å². The van der Waals surface area contributed by atoms with E-state index in [2.05, 4.69) is 44.0 Å². The highest BCUT2D eigenvalue weighted by Gasteiger charge is 2.29. The van der Waals surface area contributed by atoms with Crippen molar-refractivity contribution < 1.29 is 48.3 Å². The summed E-state index contributed by atoms with van der Waals surface area (Å²) >= 11 is 0. The van der Waals surface area contributed by atoms with Crippen LogP contribution in [0.3, 0.4) is 0 Å². The van der Waals surface area contributed by atoms with E-state index in [9.17, 15) is 48.3 Å². The van der Waals surface area contributed by atoms with Crippen LogP contribution in [-0.4, -0.2) is 24.9 Å². The minimum atomic E-state index is -4.22. The summed E-state index contributed by atoms with van der Waals surface area (Å²) in [4.78, 5) is 19.4. The van der Waals surface area contributed by atoms with Crippen LogP contribution in [0.4, 0.5) is 48.3 Å². The van der Waals surface area contributed by atoms with Gasteiger partial charge >= 0.3 is 6.18 Å². The topological polar surface area (TPSA) is 64.5 Å². The molecule has 0 aliphatic rings. The van der Waals surface area contributed by atoms with E-state index in [4.69, 9.17) is 0 Å². The minimum Gasteiger partial charge on any atom is -0.265 e. The molecular weight excluding hydrogens is 1070 g/mol. The second-order valence-corrected chi connectivity index (χ2v) is 17.4. The van der Waals surface area contributed by atoms with Crippen molar-refractivity contribution >= 4 is 0 Å². The first-order valence-corrected chi connectivity index (χ1v) is 24.9. The van der Waals surface area contributed by atoms with Crippen molar-refractivity contribution in [3.8, 4) is 0 Å². The van der Waals surface area contributed by atoms with Crippen molar-refractivity contribution in [1.29, 1.82) is 0 Å². The first-order valence-electron chi connectivity index (χ1n) is 24.9. The first-order chi connectivity index (χ1) is 38.8. The van der Waals surface area contributed by atoms with Crippen molar-refractivity contribution in [3.63, 3.8) is 0 Å². The molecule has 0 aliphatic heterocycles. The molecule has 5 nitrogen and oxygen atoms in total. The van der Waals surface area contributed by atoms with Crippen LogP contribution >= 0.6 is 0 Å². The second kappa shape index (κ2) is 40.3. The fourth-order valence-electron chi connectivity index (χ4n) is 5.37. The summed E-state index contributed by atoms with van der Waals surface area (Å²) in [5.74, 6) is -4.53. The number of alkyl halides is 3. The summed E-state index contributed by atoms with van der Waals surface area (Å²) in [6.07, 6.45) is 8.20. The molecule has 10 aromatic rings. The van der Waals surface area contributed by atoms with Gasteiger partial charge in [0.25, 0.3) is 0 Å². The first kappa shape index (κ1) is 71.1. The lowest BCUT2D eigenvalue weighted by molar-refractivity contribution is -0.137. The molecule has 0 saturated heterocycles. The fraction of sp³-hybridized carbons (Fsp3) is 0.167. The number of aryl methyl sites for hydroxylation is 9. The molecule has 0 saturated carbocycles. The lowest BCUT2D eigenvalue weighted by Gasteiger charge is -2.05. The Morgan fingerprint density at radius 3 is 1.16 bits per heavy atom. The zero-order chi connectivity index (χ0) is 61.5. The van der Waals surface area contributed by atoms with Gasteiger partial charge in [0, 0.05) is 72.8 Å². The summed E-state index contributed by atoms with van der Waals surface area (Å²) in [6, 6.07) is 46.0. The fourth-order valence-corrected chi connectivity index (χ4v) is 5.37. The van der Waals surface area contributed by atoms with Gasteiger partial charge in [0.2, 0.25) is 0 Å². The van der Waals surface area contributed by atoms with E-state index in [0.29, 0.717) is 23.3 Å². The predicted molar refractivity (Wildman–Crippen MR) is 305 cm³/mol.